The molecule has 2 amide bonds. The highest BCUT2D eigenvalue weighted by atomic mass is 35.5. The molecule has 0 aliphatic carbocycles. The number of nitrogens with one attached hydrogen (secondary N) is 1. The number of nitrogens with two attached hydrogens (primary N) is 1. The Hall–Kier alpha value is -2.50. The third-order valence-corrected chi connectivity index (χ3v) is 6.65. The van der Waals surface area contributed by atoms with Crippen molar-refractivity contribution in [2.75, 3.05) is 17.2 Å². The van der Waals surface area contributed by atoms with Crippen LogP contribution < -0.4 is 16.0 Å². The Labute approximate surface area is 194 Å². The highest BCUT2D eigenvalue weighted by molar-refractivity contribution is 7.85. The zero-order valence-corrected chi connectivity index (χ0v) is 18.7. The molecule has 0 unspecified atom stereocenters. The Kier molecular flexibility index (Phi) is 7.76. The molecular weight excluding hydrogens is 486 g/mol. The first-order valence-corrected chi connectivity index (χ1v) is 11.5. The van der Waals surface area contributed by atoms with Crippen LogP contribution in [0.2, 0.25) is 5.02 Å². The summed E-state index contributed by atoms with van der Waals surface area (Å²) in [5.74, 6) is -2.76. The zero-order valence-electron chi connectivity index (χ0n) is 17.1. The van der Waals surface area contributed by atoms with Gasteiger partial charge in [-0.2, -0.15) is 13.2 Å². The summed E-state index contributed by atoms with van der Waals surface area (Å²) in [6.07, 6.45) is -5.84. The number of hydrogen-bond donors (Lipinski definition) is 2. The van der Waals surface area contributed by atoms with Crippen molar-refractivity contribution in [3.05, 3.63) is 58.4 Å². The molecule has 2 aromatic carbocycles. The normalized spacial score (nSPS) is 18.6. The molecule has 6 nitrogen and oxygen atoms in total. The monoisotopic (exact) mass is 505 g/mol. The van der Waals surface area contributed by atoms with Crippen LogP contribution in [-0.4, -0.2) is 40.5 Å². The minimum Gasteiger partial charge on any atom is -0.352 e. The number of anilines is 1. The van der Waals surface area contributed by atoms with Crippen molar-refractivity contribution in [3.63, 3.8) is 0 Å². The molecule has 0 saturated carbocycles. The minimum atomic E-state index is -4.37. The summed E-state index contributed by atoms with van der Waals surface area (Å²) in [7, 11) is -1.82. The van der Waals surface area contributed by atoms with E-state index in [-0.39, 0.29) is 35.8 Å². The maximum atomic E-state index is 14.7. The number of nitrogens with zero attached hydrogens (tertiary/aromatic N) is 1. The molecule has 0 spiro atoms. The Bertz CT molecular complexity index is 1080. The number of amides is 2. The van der Waals surface area contributed by atoms with E-state index in [0.29, 0.717) is 10.6 Å². The van der Waals surface area contributed by atoms with Crippen molar-refractivity contribution in [2.24, 2.45) is 5.73 Å². The van der Waals surface area contributed by atoms with E-state index in [1.807, 2.05) is 0 Å². The van der Waals surface area contributed by atoms with Gasteiger partial charge in [-0.1, -0.05) is 23.7 Å². The third kappa shape index (κ3) is 6.30. The van der Waals surface area contributed by atoms with E-state index in [1.165, 1.54) is 4.90 Å². The van der Waals surface area contributed by atoms with E-state index in [0.717, 1.165) is 12.1 Å². The van der Waals surface area contributed by atoms with Gasteiger partial charge in [-0.15, -0.1) is 0 Å². The molecule has 33 heavy (non-hydrogen) atoms. The number of carbonyl (C=O) groups is 2. The van der Waals surface area contributed by atoms with E-state index in [4.69, 9.17) is 17.3 Å². The summed E-state index contributed by atoms with van der Waals surface area (Å²) in [6.45, 7) is -0.328. The fourth-order valence-electron chi connectivity index (χ4n) is 3.28. The van der Waals surface area contributed by atoms with Crippen LogP contribution >= 0.6 is 11.6 Å². The molecule has 0 saturated heterocycles. The summed E-state index contributed by atoms with van der Waals surface area (Å²) >= 11 is 5.89. The molecule has 0 radical (unpaired) electrons. The lowest BCUT2D eigenvalue weighted by atomic mass is 10.1. The summed E-state index contributed by atoms with van der Waals surface area (Å²) < 4.78 is 64.3. The van der Waals surface area contributed by atoms with Crippen molar-refractivity contribution >= 4 is 39.9 Å². The van der Waals surface area contributed by atoms with Crippen molar-refractivity contribution in [1.82, 2.24) is 5.32 Å². The van der Waals surface area contributed by atoms with Crippen LogP contribution in [0.5, 0.6) is 0 Å². The second kappa shape index (κ2) is 10.2. The molecule has 3 N–H and O–H groups in total. The molecule has 12 heteroatoms. The van der Waals surface area contributed by atoms with E-state index in [1.54, 1.807) is 24.3 Å². The van der Waals surface area contributed by atoms with E-state index >= 15 is 0 Å². The van der Waals surface area contributed by atoms with Gasteiger partial charge in [0.2, 0.25) is 5.91 Å². The number of rotatable bonds is 6. The van der Waals surface area contributed by atoms with Gasteiger partial charge in [0.05, 0.1) is 45.3 Å². The lowest BCUT2D eigenvalue weighted by molar-refractivity contribution is -0.135. The van der Waals surface area contributed by atoms with Crippen molar-refractivity contribution < 1.29 is 31.4 Å². The smallest absolute Gasteiger partial charge is 0.352 e. The maximum absolute atomic E-state index is 14.7. The topological polar surface area (TPSA) is 92.5 Å². The first kappa shape index (κ1) is 25.1. The molecule has 1 aliphatic heterocycles. The molecule has 1 aliphatic rings. The number of fused-ring (bicyclic) bond motifs is 1. The van der Waals surface area contributed by atoms with E-state index in [2.05, 4.69) is 5.32 Å². The lowest BCUT2D eigenvalue weighted by Gasteiger charge is -2.25. The van der Waals surface area contributed by atoms with Gasteiger partial charge < -0.3 is 16.0 Å². The number of alkyl halides is 3. The standard InChI is InChI=1S/C21H20ClF4N3O3S/c22-13-4-2-12(3-5-13)10-29-17-8-14(19(30)28-7-1-6-21(24,25)26)15(23)9-18(17)33(32)11-16(27)20(29)31/h2-5,8-9,16H,1,6-7,10-11,27H2,(H,28,30)/t16-,33-/m0/s1. The van der Waals surface area contributed by atoms with Gasteiger partial charge in [-0.05, 0) is 36.2 Å². The number of carbonyl (C=O) groups excluding carboxylic acids is 2. The van der Waals surface area contributed by atoms with Crippen LogP contribution in [0.3, 0.4) is 0 Å². The second-order valence-electron chi connectivity index (χ2n) is 7.44. The van der Waals surface area contributed by atoms with Crippen LogP contribution in [0.25, 0.3) is 0 Å². The molecule has 1 heterocycles. The molecular formula is C21H20ClF4N3O3S. The van der Waals surface area contributed by atoms with Gasteiger partial charge in [-0.3, -0.25) is 13.8 Å². The molecule has 2 aromatic rings. The summed E-state index contributed by atoms with van der Waals surface area (Å²) in [4.78, 5) is 26.6. The van der Waals surface area contributed by atoms with Gasteiger partial charge in [0.25, 0.3) is 5.91 Å². The zero-order chi connectivity index (χ0) is 24.3. The fourth-order valence-corrected chi connectivity index (χ4v) is 4.69. The van der Waals surface area contributed by atoms with Crippen LogP contribution in [0.4, 0.5) is 23.2 Å². The van der Waals surface area contributed by atoms with Gasteiger partial charge >= 0.3 is 6.18 Å². The SMILES string of the molecule is N[C@H]1C[S@](=O)c2cc(F)c(C(=O)NCCCC(F)(F)F)cc2N(Cc2ccc(Cl)cc2)C1=O. The second-order valence-corrected chi connectivity index (χ2v) is 9.34. The highest BCUT2D eigenvalue weighted by Gasteiger charge is 2.33. The molecule has 0 fully saturated rings. The van der Waals surface area contributed by atoms with Crippen LogP contribution in [0.15, 0.2) is 41.3 Å². The predicted molar refractivity (Wildman–Crippen MR) is 116 cm³/mol. The van der Waals surface area contributed by atoms with Gasteiger partial charge in [-0.25, -0.2) is 4.39 Å². The molecule has 178 valence electrons. The van der Waals surface area contributed by atoms with Crippen molar-refractivity contribution in [2.45, 2.75) is 36.5 Å². The molecule has 3 rings (SSSR count). The Morgan fingerprint density at radius 2 is 1.91 bits per heavy atom. The Morgan fingerprint density at radius 3 is 2.55 bits per heavy atom. The van der Waals surface area contributed by atoms with Gasteiger partial charge in [0.1, 0.15) is 5.82 Å². The quantitative estimate of drug-likeness (QED) is 0.464. The lowest BCUT2D eigenvalue weighted by Crippen LogP contribution is -2.44. The average Bonchev–Trinajstić information content (AvgIpc) is 2.82. The average molecular weight is 506 g/mol. The van der Waals surface area contributed by atoms with Crippen molar-refractivity contribution in [1.29, 1.82) is 0 Å². The minimum absolute atomic E-state index is 0.00335. The Balaban J connectivity index is 1.93. The summed E-state index contributed by atoms with van der Waals surface area (Å²) in [6, 6.07) is 7.42. The number of hydrogen-bond acceptors (Lipinski definition) is 4. The summed E-state index contributed by atoms with van der Waals surface area (Å²) in [5.41, 5.74) is 6.11. The first-order valence-electron chi connectivity index (χ1n) is 9.84. The van der Waals surface area contributed by atoms with Gasteiger partial charge in [0.15, 0.2) is 0 Å². The van der Waals surface area contributed by atoms with Crippen LogP contribution in [-0.2, 0) is 22.1 Å². The summed E-state index contributed by atoms with van der Waals surface area (Å²) in [5, 5.41) is 2.72. The van der Waals surface area contributed by atoms with E-state index in [9.17, 15) is 31.4 Å². The van der Waals surface area contributed by atoms with Crippen LogP contribution in [0, 0.1) is 5.82 Å². The molecule has 2 atom stereocenters. The Morgan fingerprint density at radius 1 is 1.24 bits per heavy atom. The number of benzene rings is 2. The van der Waals surface area contributed by atoms with Gasteiger partial charge in [0, 0.05) is 18.0 Å². The van der Waals surface area contributed by atoms with Crippen LogP contribution in [0.1, 0.15) is 28.8 Å². The first-order chi connectivity index (χ1) is 15.5. The van der Waals surface area contributed by atoms with E-state index < -0.39 is 52.6 Å². The largest absolute Gasteiger partial charge is 0.389 e. The predicted octanol–water partition coefficient (Wildman–Crippen LogP) is 3.53. The third-order valence-electron chi connectivity index (χ3n) is 4.92. The fraction of sp³-hybridized carbons (Fsp3) is 0.333. The van der Waals surface area contributed by atoms with Crippen molar-refractivity contribution in [3.8, 4) is 0 Å². The molecule has 0 aromatic heterocycles. The molecule has 0 bridgehead atoms. The maximum Gasteiger partial charge on any atom is 0.389 e. The number of halogens is 5. The highest BCUT2D eigenvalue weighted by Crippen LogP contribution is 2.32.